The Kier molecular flexibility index (Phi) is 10.1. The molecule has 1 aliphatic heterocycles. The number of halogens is 3. The fourth-order valence-electron chi connectivity index (χ4n) is 2.91. The number of hydrogen-bond donors (Lipinski definition) is 2. The van der Waals surface area contributed by atoms with Gasteiger partial charge in [-0.2, -0.15) is 0 Å². The number of nitrogens with two attached hydrogens (primary N) is 1. The van der Waals surface area contributed by atoms with E-state index in [0.717, 1.165) is 0 Å². The van der Waals surface area contributed by atoms with Gasteiger partial charge in [0.1, 0.15) is 5.82 Å². The summed E-state index contributed by atoms with van der Waals surface area (Å²) in [6.45, 7) is 9.28. The minimum atomic E-state index is -0.309. The Morgan fingerprint density at radius 1 is 1.50 bits per heavy atom. The van der Waals surface area contributed by atoms with Crippen molar-refractivity contribution in [1.82, 2.24) is 10.2 Å². The SMILES string of the molecule is CC(C)CN=C(N)NCC(c1c(F)cccc1Cl)N1CCOC(C)C1.I. The molecule has 5 nitrogen and oxygen atoms in total. The number of rotatable bonds is 6. The van der Waals surface area contributed by atoms with Crippen molar-refractivity contribution >= 4 is 41.5 Å². The zero-order valence-electron chi connectivity index (χ0n) is 15.5. The van der Waals surface area contributed by atoms with E-state index in [1.807, 2.05) is 6.92 Å². The van der Waals surface area contributed by atoms with E-state index in [1.54, 1.807) is 12.1 Å². The third-order valence-electron chi connectivity index (χ3n) is 4.15. The van der Waals surface area contributed by atoms with Crippen LogP contribution in [-0.2, 0) is 4.74 Å². The van der Waals surface area contributed by atoms with Crippen LogP contribution < -0.4 is 11.1 Å². The molecule has 148 valence electrons. The summed E-state index contributed by atoms with van der Waals surface area (Å²) in [5.41, 5.74) is 6.44. The molecule has 0 bridgehead atoms. The van der Waals surface area contributed by atoms with Gasteiger partial charge >= 0.3 is 0 Å². The molecule has 2 unspecified atom stereocenters. The molecule has 0 radical (unpaired) electrons. The van der Waals surface area contributed by atoms with E-state index < -0.39 is 0 Å². The first-order valence-electron chi connectivity index (χ1n) is 8.71. The average Bonchev–Trinajstić information content (AvgIpc) is 2.55. The van der Waals surface area contributed by atoms with Crippen LogP contribution in [0.3, 0.4) is 0 Å². The van der Waals surface area contributed by atoms with Crippen LogP contribution in [0.25, 0.3) is 0 Å². The predicted octanol–water partition coefficient (Wildman–Crippen LogP) is 3.42. The topological polar surface area (TPSA) is 62.9 Å². The van der Waals surface area contributed by atoms with Gasteiger partial charge in [0.25, 0.3) is 0 Å². The van der Waals surface area contributed by atoms with Crippen LogP contribution in [0.4, 0.5) is 4.39 Å². The molecule has 0 spiro atoms. The summed E-state index contributed by atoms with van der Waals surface area (Å²) in [4.78, 5) is 6.49. The van der Waals surface area contributed by atoms with Crippen molar-refractivity contribution in [3.63, 3.8) is 0 Å². The van der Waals surface area contributed by atoms with Crippen molar-refractivity contribution in [2.45, 2.75) is 32.9 Å². The summed E-state index contributed by atoms with van der Waals surface area (Å²) in [5, 5.41) is 3.54. The molecule has 1 aromatic carbocycles. The Labute approximate surface area is 177 Å². The zero-order valence-corrected chi connectivity index (χ0v) is 18.6. The highest BCUT2D eigenvalue weighted by Gasteiger charge is 2.29. The quantitative estimate of drug-likeness (QED) is 0.358. The summed E-state index contributed by atoms with van der Waals surface area (Å²) >= 11 is 6.31. The second-order valence-corrected chi connectivity index (χ2v) is 7.24. The Morgan fingerprint density at radius 2 is 2.23 bits per heavy atom. The Balaban J connectivity index is 0.00000338. The number of nitrogens with one attached hydrogen (secondary N) is 1. The van der Waals surface area contributed by atoms with Crippen LogP contribution in [-0.4, -0.2) is 49.7 Å². The van der Waals surface area contributed by atoms with Gasteiger partial charge in [0.2, 0.25) is 0 Å². The van der Waals surface area contributed by atoms with Gasteiger partial charge in [-0.3, -0.25) is 9.89 Å². The molecular weight excluding hydrogens is 470 g/mol. The molecule has 1 aliphatic rings. The number of guanidine groups is 1. The third-order valence-corrected chi connectivity index (χ3v) is 4.48. The highest BCUT2D eigenvalue weighted by Crippen LogP contribution is 2.30. The van der Waals surface area contributed by atoms with Crippen LogP contribution in [0, 0.1) is 11.7 Å². The standard InChI is InChI=1S/C18H28ClFN4O.HI/c1-12(2)9-22-18(21)23-10-16(24-7-8-25-13(3)11-24)17-14(19)5-4-6-15(17)20;/h4-6,12-13,16H,7-11H2,1-3H3,(H3,21,22,23);1H. The Hall–Kier alpha value is -0.640. The molecule has 0 amide bonds. The molecule has 1 fully saturated rings. The molecule has 0 aromatic heterocycles. The molecule has 1 aromatic rings. The minimum Gasteiger partial charge on any atom is -0.376 e. The first kappa shape index (κ1) is 23.4. The van der Waals surface area contributed by atoms with E-state index in [1.165, 1.54) is 6.07 Å². The Morgan fingerprint density at radius 3 is 2.85 bits per heavy atom. The molecular formula is C18H29ClFIN4O. The second-order valence-electron chi connectivity index (χ2n) is 6.83. The average molecular weight is 499 g/mol. The van der Waals surface area contributed by atoms with E-state index in [2.05, 4.69) is 29.1 Å². The van der Waals surface area contributed by atoms with Gasteiger partial charge in [0.05, 0.1) is 18.8 Å². The van der Waals surface area contributed by atoms with E-state index in [4.69, 9.17) is 22.1 Å². The Bertz CT molecular complexity index is 582. The van der Waals surface area contributed by atoms with Crippen molar-refractivity contribution in [3.8, 4) is 0 Å². The third kappa shape index (κ3) is 6.83. The van der Waals surface area contributed by atoms with Crippen molar-refractivity contribution in [2.75, 3.05) is 32.8 Å². The van der Waals surface area contributed by atoms with Gasteiger partial charge in [0.15, 0.2) is 5.96 Å². The predicted molar refractivity (Wildman–Crippen MR) is 116 cm³/mol. The molecule has 26 heavy (non-hydrogen) atoms. The molecule has 1 heterocycles. The lowest BCUT2D eigenvalue weighted by Gasteiger charge is -2.38. The first-order valence-corrected chi connectivity index (χ1v) is 9.09. The number of nitrogens with zero attached hydrogens (tertiary/aromatic N) is 2. The van der Waals surface area contributed by atoms with E-state index >= 15 is 0 Å². The van der Waals surface area contributed by atoms with Gasteiger partial charge < -0.3 is 15.8 Å². The van der Waals surface area contributed by atoms with E-state index in [9.17, 15) is 4.39 Å². The van der Waals surface area contributed by atoms with Gasteiger partial charge in [-0.1, -0.05) is 31.5 Å². The maximum atomic E-state index is 14.5. The summed E-state index contributed by atoms with van der Waals surface area (Å²) < 4.78 is 20.1. The second kappa shape index (κ2) is 11.3. The van der Waals surface area contributed by atoms with Gasteiger partial charge in [-0.25, -0.2) is 4.39 Å². The van der Waals surface area contributed by atoms with Gasteiger partial charge in [0, 0.05) is 36.8 Å². The van der Waals surface area contributed by atoms with E-state index in [0.29, 0.717) is 55.2 Å². The highest BCUT2D eigenvalue weighted by atomic mass is 127. The maximum absolute atomic E-state index is 14.5. The summed E-state index contributed by atoms with van der Waals surface area (Å²) in [6, 6.07) is 4.53. The summed E-state index contributed by atoms with van der Waals surface area (Å²) in [6.07, 6.45) is 0.0914. The van der Waals surface area contributed by atoms with Crippen LogP contribution in [0.1, 0.15) is 32.4 Å². The van der Waals surface area contributed by atoms with Crippen molar-refractivity contribution in [1.29, 1.82) is 0 Å². The van der Waals surface area contributed by atoms with Crippen LogP contribution in [0.2, 0.25) is 5.02 Å². The summed E-state index contributed by atoms with van der Waals surface area (Å²) in [5.74, 6) is 0.487. The molecule has 8 heteroatoms. The number of ether oxygens (including phenoxy) is 1. The lowest BCUT2D eigenvalue weighted by Crippen LogP contribution is -2.47. The smallest absolute Gasteiger partial charge is 0.188 e. The largest absolute Gasteiger partial charge is 0.376 e. The maximum Gasteiger partial charge on any atom is 0.188 e. The van der Waals surface area contributed by atoms with Gasteiger partial charge in [-0.05, 0) is 25.0 Å². The van der Waals surface area contributed by atoms with Crippen LogP contribution >= 0.6 is 35.6 Å². The molecule has 0 aliphatic carbocycles. The number of benzene rings is 1. The lowest BCUT2D eigenvalue weighted by atomic mass is 10.0. The molecule has 1 saturated heterocycles. The lowest BCUT2D eigenvalue weighted by molar-refractivity contribution is -0.0343. The fourth-order valence-corrected chi connectivity index (χ4v) is 3.20. The van der Waals surface area contributed by atoms with Crippen molar-refractivity contribution in [3.05, 3.63) is 34.6 Å². The van der Waals surface area contributed by atoms with Crippen LogP contribution in [0.5, 0.6) is 0 Å². The zero-order chi connectivity index (χ0) is 18.4. The number of aliphatic imine (C=N–C) groups is 1. The van der Waals surface area contributed by atoms with Crippen molar-refractivity contribution < 1.29 is 9.13 Å². The minimum absolute atomic E-state index is 0. The first-order chi connectivity index (χ1) is 11.9. The van der Waals surface area contributed by atoms with Crippen LogP contribution in [0.15, 0.2) is 23.2 Å². The molecule has 0 saturated carbocycles. The monoisotopic (exact) mass is 498 g/mol. The number of hydrogen-bond acceptors (Lipinski definition) is 3. The normalized spacial score (nSPS) is 19.9. The van der Waals surface area contributed by atoms with E-state index in [-0.39, 0.29) is 41.9 Å². The van der Waals surface area contributed by atoms with Gasteiger partial charge in [-0.15, -0.1) is 24.0 Å². The highest BCUT2D eigenvalue weighted by molar-refractivity contribution is 14.0. The van der Waals surface area contributed by atoms with Crippen molar-refractivity contribution in [2.24, 2.45) is 16.6 Å². The molecule has 3 N–H and O–H groups in total. The molecule has 2 atom stereocenters. The molecule has 2 rings (SSSR count). The summed E-state index contributed by atoms with van der Waals surface area (Å²) in [7, 11) is 0. The fraction of sp³-hybridized carbons (Fsp3) is 0.611. The number of morpholine rings is 1.